The number of carboxylic acid groups (broad SMARTS) is 2. The first-order valence-corrected chi connectivity index (χ1v) is 13.0. The van der Waals surface area contributed by atoms with E-state index in [9.17, 15) is 38.9 Å². The normalized spacial score (nSPS) is 19.7. The lowest BCUT2D eigenvalue weighted by Crippen LogP contribution is -2.57. The summed E-state index contributed by atoms with van der Waals surface area (Å²) in [6.07, 6.45) is 1.10. The molecule has 0 aromatic heterocycles. The maximum atomic E-state index is 13.2. The number of carboxylic acids is 2. The Morgan fingerprint density at radius 1 is 1.02 bits per heavy atom. The lowest BCUT2D eigenvalue weighted by Gasteiger charge is -2.26. The molecule has 1 heterocycles. The lowest BCUT2D eigenvalue weighted by molar-refractivity contribution is -0.384. The van der Waals surface area contributed by atoms with E-state index in [-0.39, 0.29) is 37.2 Å². The topological polar surface area (TPSA) is 243 Å². The van der Waals surface area contributed by atoms with Crippen LogP contribution in [0.5, 0.6) is 5.75 Å². The van der Waals surface area contributed by atoms with Gasteiger partial charge in [-0.2, -0.15) is 0 Å². The number of amides is 4. The van der Waals surface area contributed by atoms with Crippen LogP contribution >= 0.6 is 0 Å². The summed E-state index contributed by atoms with van der Waals surface area (Å²) in [5.41, 5.74) is -0.774. The first-order chi connectivity index (χ1) is 19.4. The molecule has 0 saturated heterocycles. The molecule has 6 N–H and O–H groups in total. The summed E-state index contributed by atoms with van der Waals surface area (Å²) >= 11 is 0. The minimum atomic E-state index is -1.44. The van der Waals surface area contributed by atoms with Gasteiger partial charge in [0, 0.05) is 25.0 Å². The van der Waals surface area contributed by atoms with E-state index >= 15 is 0 Å². The standard InChI is InChI=1S/C25H33N5O11/c1-2-3-4-5-16-24(37)29-18(23(36)26-13-21(33)34)10-11-41-19-8-6-14(30(39)40)12-15(19)22(35)27-17(25(38)28-16)7-9-20(31)32/h6,8,12,16-18H,2-5,7,9-11,13H2,1H3,(H,26,36)(H,27,35)(H,28,38)(H,29,37)(H,31,32)(H,33,34)/t16-,17-,18-/m0/s1. The van der Waals surface area contributed by atoms with Gasteiger partial charge in [-0.1, -0.05) is 26.2 Å². The van der Waals surface area contributed by atoms with Crippen LogP contribution in [0.25, 0.3) is 0 Å². The van der Waals surface area contributed by atoms with Crippen LogP contribution in [0.4, 0.5) is 5.69 Å². The SMILES string of the molecule is CCCCC[C@@H]1NC(=O)[C@H](CCC(=O)O)NC(=O)c2cc([N+](=O)[O-])ccc2OCC[C@@H](C(=O)NCC(=O)O)NC1=O. The van der Waals surface area contributed by atoms with Gasteiger partial charge in [0.05, 0.1) is 17.1 Å². The number of benzene rings is 1. The summed E-state index contributed by atoms with van der Waals surface area (Å²) in [4.78, 5) is 85.1. The van der Waals surface area contributed by atoms with Crippen molar-refractivity contribution >= 4 is 41.3 Å². The number of unbranched alkanes of at least 4 members (excludes halogenated alkanes) is 2. The molecule has 0 saturated carbocycles. The van der Waals surface area contributed by atoms with E-state index in [0.29, 0.717) is 12.8 Å². The number of nitrogens with one attached hydrogen (secondary N) is 4. The van der Waals surface area contributed by atoms with Gasteiger partial charge >= 0.3 is 11.9 Å². The summed E-state index contributed by atoms with van der Waals surface area (Å²) in [5.74, 6) is -6.14. The monoisotopic (exact) mass is 579 g/mol. The van der Waals surface area contributed by atoms with Crippen molar-refractivity contribution < 1.29 is 48.6 Å². The number of nitrogens with zero attached hydrogens (tertiary/aromatic N) is 1. The third kappa shape index (κ3) is 10.4. The number of ether oxygens (including phenoxy) is 1. The average Bonchev–Trinajstić information content (AvgIpc) is 2.91. The second-order valence-corrected chi connectivity index (χ2v) is 9.26. The van der Waals surface area contributed by atoms with Crippen LogP contribution in [0.15, 0.2) is 18.2 Å². The first-order valence-electron chi connectivity index (χ1n) is 13.0. The smallest absolute Gasteiger partial charge is 0.322 e. The molecule has 41 heavy (non-hydrogen) atoms. The zero-order chi connectivity index (χ0) is 30.5. The average molecular weight is 580 g/mol. The molecule has 0 spiro atoms. The van der Waals surface area contributed by atoms with E-state index in [1.54, 1.807) is 0 Å². The maximum Gasteiger partial charge on any atom is 0.322 e. The predicted molar refractivity (Wildman–Crippen MR) is 140 cm³/mol. The van der Waals surface area contributed by atoms with Crippen LogP contribution in [-0.2, 0) is 24.0 Å². The summed E-state index contributed by atoms with van der Waals surface area (Å²) in [5, 5.41) is 39.0. The van der Waals surface area contributed by atoms with Crippen molar-refractivity contribution in [2.45, 2.75) is 70.0 Å². The number of hydrogen-bond donors (Lipinski definition) is 6. The molecule has 1 aromatic rings. The number of nitro benzene ring substituents is 1. The van der Waals surface area contributed by atoms with E-state index in [1.807, 2.05) is 6.92 Å². The van der Waals surface area contributed by atoms with E-state index < -0.39 is 77.3 Å². The Hall–Kier alpha value is -4.76. The van der Waals surface area contributed by atoms with Crippen LogP contribution in [0.3, 0.4) is 0 Å². The number of fused-ring (bicyclic) bond motifs is 1. The van der Waals surface area contributed by atoms with Crippen LogP contribution < -0.4 is 26.0 Å². The van der Waals surface area contributed by atoms with Crippen LogP contribution in [0.2, 0.25) is 0 Å². The zero-order valence-corrected chi connectivity index (χ0v) is 22.3. The molecule has 1 aliphatic rings. The number of carbonyl (C=O) groups is 6. The van der Waals surface area contributed by atoms with Crippen molar-refractivity contribution in [2.24, 2.45) is 0 Å². The number of aliphatic carboxylic acids is 2. The van der Waals surface area contributed by atoms with E-state index in [2.05, 4.69) is 21.3 Å². The van der Waals surface area contributed by atoms with Gasteiger partial charge in [0.15, 0.2) is 0 Å². The fourth-order valence-corrected chi connectivity index (χ4v) is 3.96. The number of nitro groups is 1. The quantitative estimate of drug-likeness (QED) is 0.116. The third-order valence-corrected chi connectivity index (χ3v) is 6.13. The van der Waals surface area contributed by atoms with Crippen molar-refractivity contribution in [3.8, 4) is 5.75 Å². The van der Waals surface area contributed by atoms with Crippen molar-refractivity contribution in [1.82, 2.24) is 21.3 Å². The van der Waals surface area contributed by atoms with Crippen molar-refractivity contribution in [1.29, 1.82) is 0 Å². The molecule has 0 bridgehead atoms. The first kappa shape index (κ1) is 32.5. The Kier molecular flexibility index (Phi) is 12.5. The molecule has 224 valence electrons. The molecular weight excluding hydrogens is 546 g/mol. The van der Waals surface area contributed by atoms with Gasteiger partial charge in [0.2, 0.25) is 17.7 Å². The summed E-state index contributed by atoms with van der Waals surface area (Å²) in [6.45, 7) is 0.925. The van der Waals surface area contributed by atoms with Crippen molar-refractivity contribution in [2.75, 3.05) is 13.2 Å². The highest BCUT2D eigenvalue weighted by Crippen LogP contribution is 2.25. The minimum absolute atomic E-state index is 0.143. The number of rotatable bonds is 11. The van der Waals surface area contributed by atoms with Gasteiger partial charge in [-0.15, -0.1) is 0 Å². The Labute approximate surface area is 234 Å². The van der Waals surface area contributed by atoms with Crippen LogP contribution in [0.1, 0.15) is 62.2 Å². The molecule has 1 aliphatic heterocycles. The van der Waals surface area contributed by atoms with Gasteiger partial charge in [-0.25, -0.2) is 0 Å². The van der Waals surface area contributed by atoms with E-state index in [4.69, 9.17) is 14.9 Å². The number of hydrogen-bond acceptors (Lipinski definition) is 9. The maximum absolute atomic E-state index is 13.2. The van der Waals surface area contributed by atoms with E-state index in [0.717, 1.165) is 24.6 Å². The number of carbonyl (C=O) groups excluding carboxylic acids is 4. The van der Waals surface area contributed by atoms with Gasteiger partial charge in [-0.3, -0.25) is 38.9 Å². The fourth-order valence-electron chi connectivity index (χ4n) is 3.96. The third-order valence-electron chi connectivity index (χ3n) is 6.13. The Balaban J connectivity index is 2.51. The molecule has 0 aliphatic carbocycles. The highest BCUT2D eigenvalue weighted by Gasteiger charge is 2.31. The predicted octanol–water partition coefficient (Wildman–Crippen LogP) is 0.0912. The zero-order valence-electron chi connectivity index (χ0n) is 22.3. The van der Waals surface area contributed by atoms with Gasteiger partial charge in [0.1, 0.15) is 30.4 Å². The summed E-state index contributed by atoms with van der Waals surface area (Å²) in [6, 6.07) is -0.769. The van der Waals surface area contributed by atoms with Gasteiger partial charge in [-0.05, 0) is 18.9 Å². The molecule has 0 radical (unpaired) electrons. The molecule has 0 unspecified atom stereocenters. The van der Waals surface area contributed by atoms with Crippen molar-refractivity contribution in [3.63, 3.8) is 0 Å². The highest BCUT2D eigenvalue weighted by molar-refractivity contribution is 6.01. The lowest BCUT2D eigenvalue weighted by atomic mass is 10.0. The molecule has 0 fully saturated rings. The minimum Gasteiger partial charge on any atom is -0.493 e. The van der Waals surface area contributed by atoms with Gasteiger partial charge < -0.3 is 36.2 Å². The molecular formula is C25H33N5O11. The molecule has 2 rings (SSSR count). The Bertz CT molecular complexity index is 1170. The highest BCUT2D eigenvalue weighted by atomic mass is 16.6. The molecule has 16 heteroatoms. The van der Waals surface area contributed by atoms with Crippen LogP contribution in [-0.4, -0.2) is 82.0 Å². The fraction of sp³-hybridized carbons (Fsp3) is 0.520. The second kappa shape index (κ2) is 15.7. The molecule has 16 nitrogen and oxygen atoms in total. The summed E-state index contributed by atoms with van der Waals surface area (Å²) in [7, 11) is 0. The summed E-state index contributed by atoms with van der Waals surface area (Å²) < 4.78 is 5.62. The van der Waals surface area contributed by atoms with E-state index in [1.165, 1.54) is 0 Å². The van der Waals surface area contributed by atoms with Crippen molar-refractivity contribution in [3.05, 3.63) is 33.9 Å². The molecule has 4 amide bonds. The molecule has 3 atom stereocenters. The molecule has 1 aromatic carbocycles. The largest absolute Gasteiger partial charge is 0.493 e. The Morgan fingerprint density at radius 2 is 1.71 bits per heavy atom. The van der Waals surface area contributed by atoms with Gasteiger partial charge in [0.25, 0.3) is 11.6 Å². The van der Waals surface area contributed by atoms with Crippen LogP contribution in [0, 0.1) is 10.1 Å². The second-order valence-electron chi connectivity index (χ2n) is 9.26. The number of non-ortho nitro benzene ring substituents is 1. The Morgan fingerprint density at radius 3 is 2.34 bits per heavy atom.